The molecule has 0 unspecified atom stereocenters. The van der Waals surface area contributed by atoms with Gasteiger partial charge in [-0.05, 0) is 73.5 Å². The van der Waals surface area contributed by atoms with Crippen LogP contribution in [0.15, 0.2) is 66.7 Å². The maximum absolute atomic E-state index is 12.7. The van der Waals surface area contributed by atoms with Crippen molar-refractivity contribution in [2.24, 2.45) is 0 Å². The van der Waals surface area contributed by atoms with Gasteiger partial charge in [0.1, 0.15) is 17.1 Å². The van der Waals surface area contributed by atoms with Gasteiger partial charge in [0.25, 0.3) is 5.69 Å². The molecular weight excluding hydrogens is 510 g/mol. The normalized spacial score (nSPS) is 10.3. The number of esters is 4. The molecule has 0 bridgehead atoms. The summed E-state index contributed by atoms with van der Waals surface area (Å²) < 4.78 is 20.5. The van der Waals surface area contributed by atoms with Crippen LogP contribution < -0.4 is 9.47 Å². The first-order valence-corrected chi connectivity index (χ1v) is 12.0. The summed E-state index contributed by atoms with van der Waals surface area (Å²) in [6, 6.07) is 14.3. The molecule has 0 saturated carbocycles. The fourth-order valence-corrected chi connectivity index (χ4v) is 3.18. The third-order valence-corrected chi connectivity index (χ3v) is 5.13. The second-order valence-corrected chi connectivity index (χ2v) is 8.09. The highest BCUT2D eigenvalue weighted by molar-refractivity contribution is 5.99. The van der Waals surface area contributed by atoms with Crippen molar-refractivity contribution in [3.63, 3.8) is 0 Å². The third kappa shape index (κ3) is 7.71. The molecule has 11 nitrogen and oxygen atoms in total. The lowest BCUT2D eigenvalue weighted by molar-refractivity contribution is -0.385. The van der Waals surface area contributed by atoms with Crippen LogP contribution in [0.2, 0.25) is 0 Å². The second-order valence-electron chi connectivity index (χ2n) is 8.09. The average molecular weight is 536 g/mol. The highest BCUT2D eigenvalue weighted by Gasteiger charge is 2.25. The van der Waals surface area contributed by atoms with Crippen LogP contribution in [0, 0.1) is 10.1 Å². The lowest BCUT2D eigenvalue weighted by Crippen LogP contribution is -2.14. The second kappa shape index (κ2) is 13.5. The number of carbonyl (C=O) groups is 4. The van der Waals surface area contributed by atoms with E-state index in [1.165, 1.54) is 54.6 Å². The minimum atomic E-state index is -1.03. The molecule has 3 rings (SSSR count). The monoisotopic (exact) mass is 535 g/mol. The maximum Gasteiger partial charge on any atom is 0.350 e. The number of nitrogens with zero attached hydrogens (tertiary/aromatic N) is 1. The van der Waals surface area contributed by atoms with Crippen molar-refractivity contribution in [2.45, 2.75) is 26.7 Å². The van der Waals surface area contributed by atoms with Gasteiger partial charge in [0.05, 0.1) is 34.8 Å². The van der Waals surface area contributed by atoms with Crippen LogP contribution in [-0.2, 0) is 9.47 Å². The van der Waals surface area contributed by atoms with E-state index in [-0.39, 0.29) is 41.4 Å². The Kier molecular flexibility index (Phi) is 9.85. The first-order chi connectivity index (χ1) is 18.7. The summed E-state index contributed by atoms with van der Waals surface area (Å²) in [7, 11) is 0. The molecule has 0 N–H and O–H groups in total. The number of nitro benzene ring substituents is 1. The number of hydrogen-bond donors (Lipinski definition) is 0. The molecule has 0 heterocycles. The summed E-state index contributed by atoms with van der Waals surface area (Å²) >= 11 is 0. The Hall–Kier alpha value is -5.06. The Labute approximate surface area is 223 Å². The minimum absolute atomic E-state index is 0.0480. The minimum Gasteiger partial charge on any atom is -0.462 e. The molecule has 0 atom stereocenters. The zero-order chi connectivity index (χ0) is 28.4. The number of nitro groups is 1. The topological polar surface area (TPSA) is 148 Å². The van der Waals surface area contributed by atoms with Gasteiger partial charge in [-0.1, -0.05) is 13.8 Å². The maximum atomic E-state index is 12.7. The molecule has 39 heavy (non-hydrogen) atoms. The standard InChI is InChI=1S/C28H25NO10/c1-3-15-36-25(30)18-5-10-21(11-6-18)38-27(32)20-9-14-23(24(17-20)29(34)35)28(33)39-22-12-7-19(8-13-22)26(31)37-16-4-2/h5-14,17H,3-4,15-16H2,1-2H3. The Bertz CT molecular complexity index is 1360. The van der Waals surface area contributed by atoms with E-state index in [1.807, 2.05) is 13.8 Å². The Morgan fingerprint density at radius 2 is 1.08 bits per heavy atom. The fraction of sp³-hybridized carbons (Fsp3) is 0.214. The van der Waals surface area contributed by atoms with Crippen LogP contribution in [0.1, 0.15) is 68.1 Å². The predicted octanol–water partition coefficient (Wildman–Crippen LogP) is 5.17. The molecule has 11 heteroatoms. The van der Waals surface area contributed by atoms with Crippen LogP contribution in [0.5, 0.6) is 11.5 Å². The first kappa shape index (κ1) is 28.5. The fourth-order valence-electron chi connectivity index (χ4n) is 3.18. The van der Waals surface area contributed by atoms with Crippen LogP contribution in [-0.4, -0.2) is 42.0 Å². The van der Waals surface area contributed by atoms with Crippen LogP contribution in [0.25, 0.3) is 0 Å². The van der Waals surface area contributed by atoms with Crippen molar-refractivity contribution in [1.29, 1.82) is 0 Å². The molecule has 0 amide bonds. The molecule has 3 aromatic rings. The number of rotatable bonds is 11. The van der Waals surface area contributed by atoms with Crippen molar-refractivity contribution in [3.8, 4) is 11.5 Å². The van der Waals surface area contributed by atoms with Crippen molar-refractivity contribution >= 4 is 29.6 Å². The molecule has 202 valence electrons. The van der Waals surface area contributed by atoms with Gasteiger partial charge in [-0.15, -0.1) is 0 Å². The van der Waals surface area contributed by atoms with Gasteiger partial charge in [-0.2, -0.15) is 0 Å². The highest BCUT2D eigenvalue weighted by Crippen LogP contribution is 2.24. The summed E-state index contributed by atoms with van der Waals surface area (Å²) in [6.45, 7) is 4.27. The lowest BCUT2D eigenvalue weighted by Gasteiger charge is -2.08. The smallest absolute Gasteiger partial charge is 0.350 e. The molecule has 0 spiro atoms. The van der Waals surface area contributed by atoms with E-state index in [0.29, 0.717) is 12.8 Å². The van der Waals surface area contributed by atoms with Gasteiger partial charge in [-0.25, -0.2) is 19.2 Å². The van der Waals surface area contributed by atoms with Gasteiger partial charge in [-0.3, -0.25) is 10.1 Å². The van der Waals surface area contributed by atoms with Crippen molar-refractivity contribution in [3.05, 3.63) is 99.1 Å². The average Bonchev–Trinajstić information content (AvgIpc) is 2.94. The van der Waals surface area contributed by atoms with Gasteiger partial charge in [0.15, 0.2) is 0 Å². The molecule has 0 aromatic heterocycles. The van der Waals surface area contributed by atoms with E-state index in [1.54, 1.807) is 0 Å². The quantitative estimate of drug-likeness (QED) is 0.139. The molecule has 0 aliphatic rings. The van der Waals surface area contributed by atoms with Crippen LogP contribution in [0.4, 0.5) is 5.69 Å². The summed E-state index contributed by atoms with van der Waals surface area (Å²) in [6.07, 6.45) is 1.34. The Morgan fingerprint density at radius 3 is 1.51 bits per heavy atom. The Morgan fingerprint density at radius 1 is 0.641 bits per heavy atom. The molecule has 3 aromatic carbocycles. The van der Waals surface area contributed by atoms with E-state index in [9.17, 15) is 29.3 Å². The zero-order valence-electron chi connectivity index (χ0n) is 21.2. The Balaban J connectivity index is 1.70. The number of carbonyl (C=O) groups excluding carboxylic acids is 4. The zero-order valence-corrected chi connectivity index (χ0v) is 21.2. The summed E-state index contributed by atoms with van der Waals surface area (Å²) in [4.78, 5) is 59.8. The highest BCUT2D eigenvalue weighted by atomic mass is 16.6. The van der Waals surface area contributed by atoms with E-state index >= 15 is 0 Å². The van der Waals surface area contributed by atoms with Crippen molar-refractivity contribution in [1.82, 2.24) is 0 Å². The van der Waals surface area contributed by atoms with E-state index in [0.717, 1.165) is 12.1 Å². The summed E-state index contributed by atoms with van der Waals surface area (Å²) in [5, 5.41) is 11.6. The SMILES string of the molecule is CCCOC(=O)c1ccc(OC(=O)c2ccc(C(=O)Oc3ccc(C(=O)OCCC)cc3)c([N+](=O)[O-])c2)cc1. The number of benzene rings is 3. The van der Waals surface area contributed by atoms with Crippen molar-refractivity contribution in [2.75, 3.05) is 13.2 Å². The number of hydrogen-bond acceptors (Lipinski definition) is 10. The van der Waals surface area contributed by atoms with Gasteiger partial charge in [0, 0.05) is 6.07 Å². The van der Waals surface area contributed by atoms with Crippen molar-refractivity contribution < 1.29 is 43.0 Å². The molecular formula is C28H25NO10. The molecule has 0 aliphatic heterocycles. The van der Waals surface area contributed by atoms with E-state index in [2.05, 4.69) is 0 Å². The molecule has 0 aliphatic carbocycles. The molecule has 0 fully saturated rings. The predicted molar refractivity (Wildman–Crippen MR) is 137 cm³/mol. The van der Waals surface area contributed by atoms with Gasteiger partial charge < -0.3 is 18.9 Å². The summed E-state index contributed by atoms with van der Waals surface area (Å²) in [5.41, 5.74) is -0.711. The van der Waals surface area contributed by atoms with Crippen LogP contribution in [0.3, 0.4) is 0 Å². The van der Waals surface area contributed by atoms with Gasteiger partial charge >= 0.3 is 23.9 Å². The van der Waals surface area contributed by atoms with E-state index in [4.69, 9.17) is 18.9 Å². The first-order valence-electron chi connectivity index (χ1n) is 12.0. The third-order valence-electron chi connectivity index (χ3n) is 5.13. The van der Waals surface area contributed by atoms with Crippen LogP contribution >= 0.6 is 0 Å². The number of ether oxygens (including phenoxy) is 4. The van der Waals surface area contributed by atoms with Gasteiger partial charge in [0.2, 0.25) is 0 Å². The lowest BCUT2D eigenvalue weighted by atomic mass is 10.1. The summed E-state index contributed by atoms with van der Waals surface area (Å²) in [5.74, 6) is -2.85. The largest absolute Gasteiger partial charge is 0.462 e. The molecule has 0 radical (unpaired) electrons. The van der Waals surface area contributed by atoms with E-state index < -0.39 is 40.1 Å². The molecule has 0 saturated heterocycles.